The molecule has 3 N–H and O–H groups in total. The quantitative estimate of drug-likeness (QED) is 0.777. The van der Waals surface area contributed by atoms with Crippen LogP contribution in [0.1, 0.15) is 18.3 Å². The molecule has 2 heterocycles. The van der Waals surface area contributed by atoms with Gasteiger partial charge in [-0.1, -0.05) is 4.49 Å². The van der Waals surface area contributed by atoms with E-state index in [4.69, 9.17) is 0 Å². The van der Waals surface area contributed by atoms with E-state index in [1.165, 1.54) is 6.20 Å². The average Bonchev–Trinajstić information content (AvgIpc) is 2.90. The van der Waals surface area contributed by atoms with Crippen molar-refractivity contribution in [1.29, 1.82) is 0 Å². The molecule has 96 valence electrons. The van der Waals surface area contributed by atoms with Crippen LogP contribution in [-0.2, 0) is 6.42 Å². The van der Waals surface area contributed by atoms with Crippen molar-refractivity contribution in [2.45, 2.75) is 26.3 Å². The summed E-state index contributed by atoms with van der Waals surface area (Å²) in [6, 6.07) is 1.69. The van der Waals surface area contributed by atoms with Gasteiger partial charge in [-0.15, -0.1) is 5.10 Å². The summed E-state index contributed by atoms with van der Waals surface area (Å²) >= 11 is 1.14. The van der Waals surface area contributed by atoms with Crippen LogP contribution in [0.15, 0.2) is 12.3 Å². The van der Waals surface area contributed by atoms with Crippen LogP contribution in [0.25, 0.3) is 0 Å². The first-order chi connectivity index (χ1) is 8.63. The lowest BCUT2D eigenvalue weighted by Crippen LogP contribution is -2.37. The zero-order valence-electron chi connectivity index (χ0n) is 10.1. The maximum Gasteiger partial charge on any atom is 0.320 e. The fourth-order valence-corrected chi connectivity index (χ4v) is 1.95. The highest BCUT2D eigenvalue weighted by molar-refractivity contribution is 7.10. The van der Waals surface area contributed by atoms with Gasteiger partial charge in [0.2, 0.25) is 0 Å². The van der Waals surface area contributed by atoms with Crippen molar-refractivity contribution in [2.75, 3.05) is 5.32 Å². The Balaban J connectivity index is 1.80. The lowest BCUT2D eigenvalue weighted by molar-refractivity contribution is 0.249. The molecule has 2 aromatic rings. The standard InChI is InChI=1S/C10H14N6OS/c1-6(3-8-4-7(2)14-15-8)12-10(17)13-9-5-11-16-18-9/h4-6H,3H2,1-2H3,(H,14,15)(H2,12,13,17). The number of nitrogens with zero attached hydrogens (tertiary/aromatic N) is 3. The molecule has 0 aromatic carbocycles. The maximum atomic E-state index is 11.6. The molecular weight excluding hydrogens is 252 g/mol. The van der Waals surface area contributed by atoms with Gasteiger partial charge in [-0.2, -0.15) is 5.10 Å². The van der Waals surface area contributed by atoms with Crippen molar-refractivity contribution < 1.29 is 4.79 Å². The second-order valence-corrected chi connectivity index (χ2v) is 4.81. The second kappa shape index (κ2) is 5.58. The van der Waals surface area contributed by atoms with Crippen molar-refractivity contribution in [3.63, 3.8) is 0 Å². The van der Waals surface area contributed by atoms with Crippen molar-refractivity contribution in [3.05, 3.63) is 23.7 Å². The number of carbonyl (C=O) groups is 1. The summed E-state index contributed by atoms with van der Waals surface area (Å²) < 4.78 is 3.66. The molecule has 18 heavy (non-hydrogen) atoms. The molecule has 0 saturated heterocycles. The lowest BCUT2D eigenvalue weighted by atomic mass is 10.2. The number of aromatic amines is 1. The minimum atomic E-state index is -0.263. The number of rotatable bonds is 4. The van der Waals surface area contributed by atoms with Crippen LogP contribution in [0.3, 0.4) is 0 Å². The molecule has 0 fully saturated rings. The van der Waals surface area contributed by atoms with Gasteiger partial charge in [0.15, 0.2) is 0 Å². The molecule has 0 aliphatic carbocycles. The fraction of sp³-hybridized carbons (Fsp3) is 0.400. The maximum absolute atomic E-state index is 11.6. The summed E-state index contributed by atoms with van der Waals surface area (Å²) in [7, 11) is 0. The summed E-state index contributed by atoms with van der Waals surface area (Å²) in [4.78, 5) is 11.6. The van der Waals surface area contributed by atoms with Crippen molar-refractivity contribution in [2.24, 2.45) is 0 Å². The molecule has 0 aliphatic heterocycles. The number of carbonyl (C=O) groups excluding carboxylic acids is 1. The van der Waals surface area contributed by atoms with Crippen LogP contribution < -0.4 is 10.6 Å². The number of anilines is 1. The highest BCUT2D eigenvalue weighted by Gasteiger charge is 2.10. The average molecular weight is 266 g/mol. The van der Waals surface area contributed by atoms with E-state index in [9.17, 15) is 4.79 Å². The van der Waals surface area contributed by atoms with Crippen LogP contribution in [0.4, 0.5) is 9.80 Å². The summed E-state index contributed by atoms with van der Waals surface area (Å²) in [5.74, 6) is 0. The number of aryl methyl sites for hydroxylation is 1. The molecule has 0 saturated carbocycles. The van der Waals surface area contributed by atoms with Crippen molar-refractivity contribution >= 4 is 22.6 Å². The molecule has 2 rings (SSSR count). The first-order valence-corrected chi connectivity index (χ1v) is 6.26. The topological polar surface area (TPSA) is 95.6 Å². The summed E-state index contributed by atoms with van der Waals surface area (Å²) in [6.07, 6.45) is 2.19. The smallest absolute Gasteiger partial charge is 0.320 e. The highest BCUT2D eigenvalue weighted by Crippen LogP contribution is 2.08. The molecule has 0 bridgehead atoms. The molecule has 2 aromatic heterocycles. The van der Waals surface area contributed by atoms with Gasteiger partial charge >= 0.3 is 6.03 Å². The zero-order valence-corrected chi connectivity index (χ0v) is 10.9. The Morgan fingerprint density at radius 1 is 1.61 bits per heavy atom. The number of nitrogens with one attached hydrogen (secondary N) is 3. The summed E-state index contributed by atoms with van der Waals surface area (Å²) in [5, 5.41) is 16.7. The Morgan fingerprint density at radius 2 is 2.44 bits per heavy atom. The Bertz CT molecular complexity index is 508. The van der Waals surface area contributed by atoms with Crippen LogP contribution in [0.2, 0.25) is 0 Å². The molecule has 1 unspecified atom stereocenters. The third-order valence-electron chi connectivity index (χ3n) is 2.25. The van der Waals surface area contributed by atoms with Gasteiger partial charge in [0.25, 0.3) is 0 Å². The number of hydrogen-bond donors (Lipinski definition) is 3. The van der Waals surface area contributed by atoms with E-state index in [0.29, 0.717) is 11.4 Å². The Kier molecular flexibility index (Phi) is 3.88. The first kappa shape index (κ1) is 12.5. The van der Waals surface area contributed by atoms with Gasteiger partial charge in [0, 0.05) is 29.7 Å². The molecule has 2 amide bonds. The number of hydrogen-bond acceptors (Lipinski definition) is 5. The van der Waals surface area contributed by atoms with Crippen molar-refractivity contribution in [1.82, 2.24) is 25.1 Å². The van der Waals surface area contributed by atoms with Gasteiger partial charge in [-0.05, 0) is 19.9 Å². The fourth-order valence-electron chi connectivity index (χ4n) is 1.54. The lowest BCUT2D eigenvalue weighted by Gasteiger charge is -2.12. The summed E-state index contributed by atoms with van der Waals surface area (Å²) in [5.41, 5.74) is 1.94. The Morgan fingerprint density at radius 3 is 3.06 bits per heavy atom. The van der Waals surface area contributed by atoms with Crippen molar-refractivity contribution in [3.8, 4) is 0 Å². The van der Waals surface area contributed by atoms with Crippen LogP contribution in [0, 0.1) is 6.92 Å². The number of aromatic nitrogens is 4. The van der Waals surface area contributed by atoms with E-state index in [-0.39, 0.29) is 12.1 Å². The minimum absolute atomic E-state index is 0.00594. The van der Waals surface area contributed by atoms with Gasteiger partial charge in [-0.25, -0.2) is 4.79 Å². The van der Waals surface area contributed by atoms with E-state index < -0.39 is 0 Å². The number of urea groups is 1. The number of amides is 2. The molecule has 1 atom stereocenters. The Labute approximate surface area is 108 Å². The van der Waals surface area contributed by atoms with Gasteiger partial charge < -0.3 is 5.32 Å². The molecular formula is C10H14N6OS. The van der Waals surface area contributed by atoms with Crippen LogP contribution in [-0.4, -0.2) is 31.9 Å². The van der Waals surface area contributed by atoms with E-state index in [0.717, 1.165) is 22.9 Å². The van der Waals surface area contributed by atoms with E-state index >= 15 is 0 Å². The van der Waals surface area contributed by atoms with Crippen LogP contribution >= 0.6 is 11.5 Å². The van der Waals surface area contributed by atoms with E-state index in [1.807, 2.05) is 19.9 Å². The predicted octanol–water partition coefficient (Wildman–Crippen LogP) is 1.32. The molecule has 0 aliphatic rings. The van der Waals surface area contributed by atoms with Gasteiger partial charge in [0.05, 0.1) is 11.9 Å². The minimum Gasteiger partial charge on any atom is -0.335 e. The SMILES string of the molecule is Cc1cc(CC(C)NC(=O)Nc2cnns2)n[nH]1. The van der Waals surface area contributed by atoms with E-state index in [1.54, 1.807) is 0 Å². The third kappa shape index (κ3) is 3.52. The van der Waals surface area contributed by atoms with Gasteiger partial charge in [-0.3, -0.25) is 10.4 Å². The largest absolute Gasteiger partial charge is 0.335 e. The second-order valence-electron chi connectivity index (χ2n) is 4.03. The normalized spacial score (nSPS) is 12.1. The van der Waals surface area contributed by atoms with Gasteiger partial charge in [0.1, 0.15) is 5.00 Å². The molecule has 8 heteroatoms. The molecule has 7 nitrogen and oxygen atoms in total. The third-order valence-corrected chi connectivity index (χ3v) is 2.83. The molecule has 0 radical (unpaired) electrons. The zero-order chi connectivity index (χ0) is 13.0. The van der Waals surface area contributed by atoms with Crippen LogP contribution in [0.5, 0.6) is 0 Å². The predicted molar refractivity (Wildman–Crippen MR) is 68.6 cm³/mol. The Hall–Kier alpha value is -1.96. The summed E-state index contributed by atoms with van der Waals surface area (Å²) in [6.45, 7) is 3.87. The number of H-pyrrole nitrogens is 1. The van der Waals surface area contributed by atoms with E-state index in [2.05, 4.69) is 30.4 Å². The first-order valence-electron chi connectivity index (χ1n) is 5.49. The highest BCUT2D eigenvalue weighted by atomic mass is 32.1. The molecule has 0 spiro atoms. The monoisotopic (exact) mass is 266 g/mol.